The van der Waals surface area contributed by atoms with E-state index in [2.05, 4.69) is 10.1 Å². The maximum Gasteiger partial charge on any atom is 0.320 e. The van der Waals surface area contributed by atoms with Gasteiger partial charge in [0.2, 0.25) is 5.82 Å². The summed E-state index contributed by atoms with van der Waals surface area (Å²) in [5.74, 6) is 1.11. The smallest absolute Gasteiger partial charge is 0.320 e. The molecule has 0 radical (unpaired) electrons. The molecule has 0 fully saturated rings. The molecular formula is C13H9ClN2O2. The van der Waals surface area contributed by atoms with Gasteiger partial charge in [-0.2, -0.15) is 4.98 Å². The molecule has 0 bridgehead atoms. The highest BCUT2D eigenvalue weighted by Gasteiger charge is 2.15. The van der Waals surface area contributed by atoms with Gasteiger partial charge in [0.15, 0.2) is 0 Å². The Morgan fingerprint density at radius 2 is 2.00 bits per heavy atom. The molecule has 90 valence electrons. The highest BCUT2D eigenvalue weighted by Crippen LogP contribution is 2.35. The quantitative estimate of drug-likeness (QED) is 0.707. The topological polar surface area (TPSA) is 48.2 Å². The molecule has 0 N–H and O–H groups in total. The first-order chi connectivity index (χ1) is 8.79. The van der Waals surface area contributed by atoms with Crippen molar-refractivity contribution in [1.82, 2.24) is 10.1 Å². The average Bonchev–Trinajstić information content (AvgIpc) is 2.83. The third kappa shape index (κ3) is 1.71. The third-order valence-corrected chi connectivity index (χ3v) is 2.89. The minimum atomic E-state index is 0.0139. The van der Waals surface area contributed by atoms with Crippen LogP contribution in [0.1, 0.15) is 0 Å². The number of hydrogen-bond acceptors (Lipinski definition) is 4. The molecule has 0 aliphatic rings. The third-order valence-electron chi connectivity index (χ3n) is 2.74. The van der Waals surface area contributed by atoms with Gasteiger partial charge in [0.05, 0.1) is 12.7 Å². The molecule has 18 heavy (non-hydrogen) atoms. The van der Waals surface area contributed by atoms with Crippen LogP contribution in [0.3, 0.4) is 0 Å². The van der Waals surface area contributed by atoms with Crippen LogP contribution in [0.5, 0.6) is 5.75 Å². The first-order valence-electron chi connectivity index (χ1n) is 5.35. The first-order valence-corrected chi connectivity index (χ1v) is 5.72. The van der Waals surface area contributed by atoms with E-state index in [-0.39, 0.29) is 5.35 Å². The Morgan fingerprint density at radius 3 is 2.72 bits per heavy atom. The summed E-state index contributed by atoms with van der Waals surface area (Å²) >= 11 is 5.68. The van der Waals surface area contributed by atoms with Crippen LogP contribution in [0, 0.1) is 0 Å². The lowest BCUT2D eigenvalue weighted by Crippen LogP contribution is -1.91. The number of halogens is 1. The van der Waals surface area contributed by atoms with E-state index in [9.17, 15) is 0 Å². The second-order valence-corrected chi connectivity index (χ2v) is 4.06. The molecule has 2 aromatic carbocycles. The van der Waals surface area contributed by atoms with Gasteiger partial charge in [0.1, 0.15) is 5.75 Å². The molecule has 0 aliphatic heterocycles. The van der Waals surface area contributed by atoms with Gasteiger partial charge in [-0.1, -0.05) is 35.5 Å². The van der Waals surface area contributed by atoms with Gasteiger partial charge in [0, 0.05) is 0 Å². The molecule has 0 unspecified atom stereocenters. The standard InChI is InChI=1S/C13H9ClN2O2/c1-17-10-7-6-8-4-2-3-5-9(8)11(10)12-15-13(14)18-16-12/h2-7H,1H3. The fourth-order valence-corrected chi connectivity index (χ4v) is 2.07. The summed E-state index contributed by atoms with van der Waals surface area (Å²) in [6.45, 7) is 0. The van der Waals surface area contributed by atoms with E-state index in [0.29, 0.717) is 11.6 Å². The van der Waals surface area contributed by atoms with E-state index < -0.39 is 0 Å². The molecule has 3 aromatic rings. The maximum atomic E-state index is 5.68. The summed E-state index contributed by atoms with van der Waals surface area (Å²) in [5, 5.41) is 5.93. The monoisotopic (exact) mass is 260 g/mol. The molecule has 5 heteroatoms. The summed E-state index contributed by atoms with van der Waals surface area (Å²) in [6, 6.07) is 11.8. The summed E-state index contributed by atoms with van der Waals surface area (Å²) < 4.78 is 10.2. The van der Waals surface area contributed by atoms with Gasteiger partial charge in [-0.05, 0) is 28.4 Å². The molecule has 0 saturated heterocycles. The molecule has 0 amide bonds. The van der Waals surface area contributed by atoms with E-state index in [1.807, 2.05) is 36.4 Å². The highest BCUT2D eigenvalue weighted by molar-refractivity contribution is 6.27. The fourth-order valence-electron chi connectivity index (χ4n) is 1.96. The van der Waals surface area contributed by atoms with E-state index in [4.69, 9.17) is 20.9 Å². The predicted molar refractivity (Wildman–Crippen MR) is 68.8 cm³/mol. The van der Waals surface area contributed by atoms with Gasteiger partial charge in [-0.25, -0.2) is 0 Å². The van der Waals surface area contributed by atoms with Crippen molar-refractivity contribution in [2.24, 2.45) is 0 Å². The molecule has 0 aliphatic carbocycles. The molecule has 0 spiro atoms. The van der Waals surface area contributed by atoms with Crippen LogP contribution in [-0.4, -0.2) is 17.3 Å². The summed E-state index contributed by atoms with van der Waals surface area (Å²) in [5.41, 5.74) is 0.784. The number of benzene rings is 2. The van der Waals surface area contributed by atoms with Crippen molar-refractivity contribution in [3.63, 3.8) is 0 Å². The van der Waals surface area contributed by atoms with E-state index >= 15 is 0 Å². The van der Waals surface area contributed by atoms with Crippen LogP contribution in [0.2, 0.25) is 5.35 Å². The number of rotatable bonds is 2. The highest BCUT2D eigenvalue weighted by atomic mass is 35.5. The van der Waals surface area contributed by atoms with Gasteiger partial charge < -0.3 is 9.26 Å². The second kappa shape index (κ2) is 4.31. The molecular weight excluding hydrogens is 252 g/mol. The lowest BCUT2D eigenvalue weighted by Gasteiger charge is -2.08. The number of nitrogens with zero attached hydrogens (tertiary/aromatic N) is 2. The largest absolute Gasteiger partial charge is 0.496 e. The van der Waals surface area contributed by atoms with E-state index in [1.165, 1.54) is 0 Å². The van der Waals surface area contributed by atoms with Crippen LogP contribution >= 0.6 is 11.6 Å². The normalized spacial score (nSPS) is 10.8. The summed E-state index contributed by atoms with van der Waals surface area (Å²) in [4.78, 5) is 4.05. The Morgan fingerprint density at radius 1 is 1.17 bits per heavy atom. The molecule has 1 aromatic heterocycles. The lowest BCUT2D eigenvalue weighted by atomic mass is 10.0. The Bertz CT molecular complexity index is 709. The van der Waals surface area contributed by atoms with Crippen LogP contribution in [0.25, 0.3) is 22.2 Å². The minimum absolute atomic E-state index is 0.0139. The Labute approximate surface area is 108 Å². The zero-order valence-corrected chi connectivity index (χ0v) is 10.3. The van der Waals surface area contributed by atoms with Crippen molar-refractivity contribution in [2.45, 2.75) is 0 Å². The first kappa shape index (κ1) is 11.0. The minimum Gasteiger partial charge on any atom is -0.496 e. The van der Waals surface area contributed by atoms with Crippen molar-refractivity contribution in [1.29, 1.82) is 0 Å². The molecule has 0 atom stereocenters. The number of fused-ring (bicyclic) bond motifs is 1. The summed E-state index contributed by atoms with van der Waals surface area (Å²) in [6.07, 6.45) is 0. The van der Waals surface area contributed by atoms with E-state index in [1.54, 1.807) is 7.11 Å². The fraction of sp³-hybridized carbons (Fsp3) is 0.0769. The van der Waals surface area contributed by atoms with E-state index in [0.717, 1.165) is 16.3 Å². The van der Waals surface area contributed by atoms with Crippen molar-refractivity contribution in [2.75, 3.05) is 7.11 Å². The van der Waals surface area contributed by atoms with Crippen LogP contribution in [0.15, 0.2) is 40.9 Å². The molecule has 4 nitrogen and oxygen atoms in total. The van der Waals surface area contributed by atoms with Crippen LogP contribution in [0.4, 0.5) is 0 Å². The van der Waals surface area contributed by atoms with Crippen LogP contribution in [-0.2, 0) is 0 Å². The lowest BCUT2D eigenvalue weighted by molar-refractivity contribution is 0.412. The maximum absolute atomic E-state index is 5.68. The average molecular weight is 261 g/mol. The van der Waals surface area contributed by atoms with Gasteiger partial charge in [-0.3, -0.25) is 0 Å². The van der Waals surface area contributed by atoms with Gasteiger partial charge in [-0.15, -0.1) is 0 Å². The second-order valence-electron chi connectivity index (χ2n) is 3.73. The zero-order chi connectivity index (χ0) is 12.5. The SMILES string of the molecule is COc1ccc2ccccc2c1-c1noc(Cl)n1. The summed E-state index contributed by atoms with van der Waals surface area (Å²) in [7, 11) is 1.61. The Hall–Kier alpha value is -2.07. The number of ether oxygens (including phenoxy) is 1. The number of hydrogen-bond donors (Lipinski definition) is 0. The predicted octanol–water partition coefficient (Wildman–Crippen LogP) is 3.55. The van der Waals surface area contributed by atoms with Gasteiger partial charge >= 0.3 is 5.35 Å². The molecule has 1 heterocycles. The molecule has 0 saturated carbocycles. The zero-order valence-electron chi connectivity index (χ0n) is 9.55. The van der Waals surface area contributed by atoms with Crippen LogP contribution < -0.4 is 4.74 Å². The number of methoxy groups -OCH3 is 1. The molecule has 3 rings (SSSR count). The van der Waals surface area contributed by atoms with Gasteiger partial charge in [0.25, 0.3) is 0 Å². The Balaban J connectivity index is 2.37. The van der Waals surface area contributed by atoms with Crippen molar-refractivity contribution >= 4 is 22.4 Å². The van der Waals surface area contributed by atoms with Crippen molar-refractivity contribution in [3.8, 4) is 17.1 Å². The van der Waals surface area contributed by atoms with Crippen molar-refractivity contribution in [3.05, 3.63) is 41.7 Å². The Kier molecular flexibility index (Phi) is 2.64. The number of aromatic nitrogens is 2. The van der Waals surface area contributed by atoms with Crippen molar-refractivity contribution < 1.29 is 9.26 Å².